The van der Waals surface area contributed by atoms with Gasteiger partial charge < -0.3 is 10.2 Å². The van der Waals surface area contributed by atoms with Gasteiger partial charge >= 0.3 is 0 Å². The van der Waals surface area contributed by atoms with Crippen molar-refractivity contribution >= 4 is 33.4 Å². The third-order valence-corrected chi connectivity index (χ3v) is 4.32. The molecule has 2 aromatic rings. The lowest BCUT2D eigenvalue weighted by atomic mass is 10.1. The summed E-state index contributed by atoms with van der Waals surface area (Å²) < 4.78 is 0.795. The van der Waals surface area contributed by atoms with Crippen LogP contribution in [0.5, 0.6) is 0 Å². The van der Waals surface area contributed by atoms with Crippen molar-refractivity contribution in [2.45, 2.75) is 27.3 Å². The highest BCUT2D eigenvalue weighted by Gasteiger charge is 2.18. The summed E-state index contributed by atoms with van der Waals surface area (Å²) in [7, 11) is 0. The van der Waals surface area contributed by atoms with Crippen LogP contribution in [0.15, 0.2) is 46.9 Å². The molecule has 2 aromatic carbocycles. The van der Waals surface area contributed by atoms with E-state index in [1.165, 1.54) is 17.4 Å². The number of hydrogen-bond donors (Lipinski definition) is 1. The Kier molecular flexibility index (Phi) is 6.15. The summed E-state index contributed by atoms with van der Waals surface area (Å²) >= 11 is 3.46. The number of carbonyl (C=O) groups is 2. The predicted octanol–water partition coefficient (Wildman–Crippen LogP) is 3.74. The molecule has 0 aliphatic heterocycles. The molecule has 0 aliphatic rings. The number of halogens is 1. The molecular weight excluding hydrogens is 368 g/mol. The standard InChI is InChI=1S/C19H21BrN2O2/c1-13-4-7-16(8-5-13)11-21-19(24)12-22(15(3)23)18-9-6-14(2)10-17(18)20/h4-10H,11-12H2,1-3H3,(H,21,24). The van der Waals surface area contributed by atoms with Crippen LogP contribution in [-0.4, -0.2) is 18.4 Å². The van der Waals surface area contributed by atoms with Crippen molar-refractivity contribution in [3.63, 3.8) is 0 Å². The van der Waals surface area contributed by atoms with Crippen LogP contribution in [-0.2, 0) is 16.1 Å². The van der Waals surface area contributed by atoms with Gasteiger partial charge in [-0.1, -0.05) is 35.9 Å². The van der Waals surface area contributed by atoms with Crippen LogP contribution in [0.2, 0.25) is 0 Å². The van der Waals surface area contributed by atoms with Gasteiger partial charge in [-0.2, -0.15) is 0 Å². The number of benzene rings is 2. The number of aryl methyl sites for hydroxylation is 2. The van der Waals surface area contributed by atoms with E-state index in [1.54, 1.807) is 0 Å². The summed E-state index contributed by atoms with van der Waals surface area (Å²) in [5.74, 6) is -0.372. The number of nitrogens with one attached hydrogen (secondary N) is 1. The Balaban J connectivity index is 2.03. The summed E-state index contributed by atoms with van der Waals surface area (Å²) in [6.45, 7) is 5.88. The highest BCUT2D eigenvalue weighted by atomic mass is 79.9. The smallest absolute Gasteiger partial charge is 0.240 e. The topological polar surface area (TPSA) is 49.4 Å². The fourth-order valence-electron chi connectivity index (χ4n) is 2.30. The fraction of sp³-hybridized carbons (Fsp3) is 0.263. The minimum atomic E-state index is -0.196. The molecule has 0 radical (unpaired) electrons. The maximum atomic E-state index is 12.2. The van der Waals surface area contributed by atoms with E-state index in [4.69, 9.17) is 0 Å². The van der Waals surface area contributed by atoms with Crippen molar-refractivity contribution in [1.82, 2.24) is 5.32 Å². The van der Waals surface area contributed by atoms with Crippen molar-refractivity contribution in [2.24, 2.45) is 0 Å². The maximum absolute atomic E-state index is 12.2. The first-order chi connectivity index (χ1) is 11.4. The molecule has 5 heteroatoms. The summed E-state index contributed by atoms with van der Waals surface area (Å²) in [4.78, 5) is 25.6. The minimum absolute atomic E-state index is 0.0111. The number of carbonyl (C=O) groups excluding carboxylic acids is 2. The Hall–Kier alpha value is -2.14. The molecule has 0 unspecified atom stereocenters. The fourth-order valence-corrected chi connectivity index (χ4v) is 3.01. The zero-order chi connectivity index (χ0) is 17.7. The van der Waals surface area contributed by atoms with Gasteiger partial charge in [-0.25, -0.2) is 0 Å². The largest absolute Gasteiger partial charge is 0.350 e. The van der Waals surface area contributed by atoms with Gasteiger partial charge in [-0.3, -0.25) is 9.59 Å². The van der Waals surface area contributed by atoms with Crippen molar-refractivity contribution in [3.8, 4) is 0 Å². The van der Waals surface area contributed by atoms with Crippen molar-refractivity contribution in [2.75, 3.05) is 11.4 Å². The summed E-state index contributed by atoms with van der Waals surface area (Å²) in [6, 6.07) is 13.7. The highest BCUT2D eigenvalue weighted by molar-refractivity contribution is 9.10. The van der Waals surface area contributed by atoms with Crippen LogP contribution in [0.25, 0.3) is 0 Å². The van der Waals surface area contributed by atoms with Gasteiger partial charge in [0, 0.05) is 17.9 Å². The quantitative estimate of drug-likeness (QED) is 0.847. The molecule has 0 fully saturated rings. The summed E-state index contributed by atoms with van der Waals surface area (Å²) in [6.07, 6.45) is 0. The Labute approximate surface area is 151 Å². The number of anilines is 1. The summed E-state index contributed by atoms with van der Waals surface area (Å²) in [5, 5.41) is 2.86. The van der Waals surface area contributed by atoms with Crippen LogP contribution in [0, 0.1) is 13.8 Å². The lowest BCUT2D eigenvalue weighted by Gasteiger charge is -2.22. The van der Waals surface area contributed by atoms with Crippen LogP contribution < -0.4 is 10.2 Å². The normalized spacial score (nSPS) is 10.3. The van der Waals surface area contributed by atoms with Crippen LogP contribution in [0.3, 0.4) is 0 Å². The van der Waals surface area contributed by atoms with E-state index in [9.17, 15) is 9.59 Å². The van der Waals surface area contributed by atoms with Gasteiger partial charge in [0.15, 0.2) is 0 Å². The molecule has 2 amide bonds. The molecule has 4 nitrogen and oxygen atoms in total. The number of amides is 2. The molecule has 24 heavy (non-hydrogen) atoms. The van der Waals surface area contributed by atoms with E-state index in [0.29, 0.717) is 12.2 Å². The average Bonchev–Trinajstić information content (AvgIpc) is 2.52. The molecular formula is C19H21BrN2O2. The van der Waals surface area contributed by atoms with Crippen LogP contribution in [0.4, 0.5) is 5.69 Å². The second-order valence-corrected chi connectivity index (χ2v) is 6.68. The Morgan fingerprint density at radius 2 is 1.67 bits per heavy atom. The van der Waals surface area contributed by atoms with Gasteiger partial charge in [-0.15, -0.1) is 0 Å². The highest BCUT2D eigenvalue weighted by Crippen LogP contribution is 2.27. The third-order valence-electron chi connectivity index (χ3n) is 3.69. The SMILES string of the molecule is CC(=O)N(CC(=O)NCc1ccc(C)cc1)c1ccc(C)cc1Br. The van der Waals surface area contributed by atoms with E-state index >= 15 is 0 Å². The zero-order valence-electron chi connectivity index (χ0n) is 14.1. The molecule has 0 atom stereocenters. The van der Waals surface area contributed by atoms with E-state index in [-0.39, 0.29) is 18.4 Å². The molecule has 0 aromatic heterocycles. The first-order valence-electron chi connectivity index (χ1n) is 7.73. The van der Waals surface area contributed by atoms with Gasteiger partial charge in [0.1, 0.15) is 6.54 Å². The zero-order valence-corrected chi connectivity index (χ0v) is 15.7. The maximum Gasteiger partial charge on any atom is 0.240 e. The molecule has 0 bridgehead atoms. The van der Waals surface area contributed by atoms with Gasteiger partial charge in [0.2, 0.25) is 11.8 Å². The van der Waals surface area contributed by atoms with E-state index in [0.717, 1.165) is 15.6 Å². The second kappa shape index (κ2) is 8.11. The molecule has 2 rings (SSSR count). The number of nitrogens with zero attached hydrogens (tertiary/aromatic N) is 1. The lowest BCUT2D eigenvalue weighted by Crippen LogP contribution is -2.39. The molecule has 0 saturated heterocycles. The van der Waals surface area contributed by atoms with Gasteiger partial charge in [-0.05, 0) is 53.0 Å². The molecule has 0 aliphatic carbocycles. The molecule has 0 spiro atoms. The van der Waals surface area contributed by atoms with Crippen LogP contribution >= 0.6 is 15.9 Å². The number of rotatable bonds is 5. The van der Waals surface area contributed by atoms with Crippen molar-refractivity contribution in [1.29, 1.82) is 0 Å². The van der Waals surface area contributed by atoms with Crippen molar-refractivity contribution < 1.29 is 9.59 Å². The average molecular weight is 389 g/mol. The molecule has 126 valence electrons. The number of hydrogen-bond acceptors (Lipinski definition) is 2. The summed E-state index contributed by atoms with van der Waals surface area (Å²) in [5.41, 5.74) is 3.98. The molecule has 0 heterocycles. The monoisotopic (exact) mass is 388 g/mol. The first kappa shape index (κ1) is 18.2. The molecule has 1 N–H and O–H groups in total. The molecule has 0 saturated carbocycles. The minimum Gasteiger partial charge on any atom is -0.350 e. The third kappa shape index (κ3) is 4.93. The van der Waals surface area contributed by atoms with E-state index < -0.39 is 0 Å². The first-order valence-corrected chi connectivity index (χ1v) is 8.52. The van der Waals surface area contributed by atoms with Crippen LogP contribution in [0.1, 0.15) is 23.6 Å². The Bertz CT molecular complexity index is 742. The van der Waals surface area contributed by atoms with E-state index in [2.05, 4.69) is 21.2 Å². The predicted molar refractivity (Wildman–Crippen MR) is 99.9 cm³/mol. The van der Waals surface area contributed by atoms with Crippen molar-refractivity contribution in [3.05, 3.63) is 63.6 Å². The lowest BCUT2D eigenvalue weighted by molar-refractivity contribution is -0.123. The van der Waals surface area contributed by atoms with E-state index in [1.807, 2.05) is 56.3 Å². The Morgan fingerprint density at radius 1 is 1.04 bits per heavy atom. The van der Waals surface area contributed by atoms with Gasteiger partial charge in [0.25, 0.3) is 0 Å². The van der Waals surface area contributed by atoms with Gasteiger partial charge in [0.05, 0.1) is 5.69 Å². The Morgan fingerprint density at radius 3 is 2.25 bits per heavy atom. The second-order valence-electron chi connectivity index (χ2n) is 5.82.